The van der Waals surface area contributed by atoms with Crippen molar-refractivity contribution in [2.24, 2.45) is 0 Å². The Morgan fingerprint density at radius 1 is 1.30 bits per heavy atom. The zero-order valence-electron chi connectivity index (χ0n) is 12.3. The Kier molecular flexibility index (Phi) is 3.96. The number of amides is 1. The van der Waals surface area contributed by atoms with Crippen LogP contribution in [0.4, 0.5) is 0 Å². The van der Waals surface area contributed by atoms with Gasteiger partial charge in [-0.25, -0.2) is 4.79 Å². The number of carbonyl (C=O) groups is 2. The van der Waals surface area contributed by atoms with Gasteiger partial charge in [0, 0.05) is 22.7 Å². The predicted octanol–water partition coefficient (Wildman–Crippen LogP) is 3.13. The van der Waals surface area contributed by atoms with E-state index in [1.165, 1.54) is 18.1 Å². The van der Waals surface area contributed by atoms with E-state index < -0.39 is 12.0 Å². The van der Waals surface area contributed by atoms with Gasteiger partial charge in [-0.1, -0.05) is 29.8 Å². The molecule has 23 heavy (non-hydrogen) atoms. The zero-order valence-corrected chi connectivity index (χ0v) is 13.1. The van der Waals surface area contributed by atoms with Crippen LogP contribution in [0.5, 0.6) is 5.75 Å². The first-order valence-corrected chi connectivity index (χ1v) is 7.36. The molecule has 0 radical (unpaired) electrons. The van der Waals surface area contributed by atoms with E-state index in [-0.39, 0.29) is 12.5 Å². The second-order valence-electron chi connectivity index (χ2n) is 5.22. The van der Waals surface area contributed by atoms with Crippen molar-refractivity contribution in [3.63, 3.8) is 0 Å². The van der Waals surface area contributed by atoms with Crippen molar-refractivity contribution in [3.05, 3.63) is 64.2 Å². The van der Waals surface area contributed by atoms with Crippen LogP contribution in [-0.4, -0.2) is 29.0 Å². The number of methoxy groups -OCH3 is 1. The number of nitrogens with zero attached hydrogens (tertiary/aromatic N) is 1. The summed E-state index contributed by atoms with van der Waals surface area (Å²) < 4.78 is 5.24. The highest BCUT2D eigenvalue weighted by Gasteiger charge is 2.38. The molecular formula is C17H14ClNO4. The fourth-order valence-electron chi connectivity index (χ4n) is 2.84. The molecule has 3 rings (SSSR count). The molecule has 1 aliphatic rings. The van der Waals surface area contributed by atoms with E-state index in [2.05, 4.69) is 0 Å². The van der Waals surface area contributed by atoms with Gasteiger partial charge in [-0.3, -0.25) is 4.79 Å². The van der Waals surface area contributed by atoms with Crippen molar-refractivity contribution in [2.75, 3.05) is 7.11 Å². The Morgan fingerprint density at radius 2 is 2.04 bits per heavy atom. The smallest absolute Gasteiger partial charge is 0.331 e. The third-order valence-electron chi connectivity index (χ3n) is 3.88. The molecule has 0 fully saturated rings. The summed E-state index contributed by atoms with van der Waals surface area (Å²) in [6, 6.07) is 10.7. The number of aliphatic carboxylic acids is 1. The van der Waals surface area contributed by atoms with Gasteiger partial charge in [0.25, 0.3) is 5.91 Å². The fourth-order valence-corrected chi connectivity index (χ4v) is 3.02. The van der Waals surface area contributed by atoms with Gasteiger partial charge in [0.2, 0.25) is 0 Å². The number of hydrogen-bond acceptors (Lipinski definition) is 3. The highest BCUT2D eigenvalue weighted by atomic mass is 35.5. The van der Waals surface area contributed by atoms with E-state index in [4.69, 9.17) is 16.3 Å². The molecule has 1 amide bonds. The number of hydrogen-bond donors (Lipinski definition) is 1. The number of ether oxygens (including phenoxy) is 1. The summed E-state index contributed by atoms with van der Waals surface area (Å²) in [6.45, 7) is 0.238. The minimum Gasteiger partial charge on any atom is -0.496 e. The van der Waals surface area contributed by atoms with E-state index in [0.717, 1.165) is 5.56 Å². The lowest BCUT2D eigenvalue weighted by Crippen LogP contribution is -2.34. The maximum atomic E-state index is 12.6. The molecule has 1 atom stereocenters. The number of rotatable bonds is 4. The lowest BCUT2D eigenvalue weighted by Gasteiger charge is -2.26. The summed E-state index contributed by atoms with van der Waals surface area (Å²) in [5.41, 5.74) is 1.69. The number of benzene rings is 2. The highest BCUT2D eigenvalue weighted by Crippen LogP contribution is 2.36. The van der Waals surface area contributed by atoms with Crippen molar-refractivity contribution >= 4 is 23.5 Å². The van der Waals surface area contributed by atoms with Crippen LogP contribution in [0.2, 0.25) is 5.02 Å². The largest absolute Gasteiger partial charge is 0.496 e. The summed E-state index contributed by atoms with van der Waals surface area (Å²) in [7, 11) is 1.45. The zero-order chi connectivity index (χ0) is 16.6. The molecule has 0 saturated heterocycles. The van der Waals surface area contributed by atoms with Gasteiger partial charge in [-0.2, -0.15) is 0 Å². The summed E-state index contributed by atoms with van der Waals surface area (Å²) in [6.07, 6.45) is 0. The van der Waals surface area contributed by atoms with Gasteiger partial charge >= 0.3 is 5.97 Å². The second kappa shape index (κ2) is 5.93. The molecule has 2 aromatic carbocycles. The molecule has 1 N–H and O–H groups in total. The van der Waals surface area contributed by atoms with Gasteiger partial charge in [-0.15, -0.1) is 0 Å². The molecule has 2 aromatic rings. The molecule has 1 unspecified atom stereocenters. The minimum absolute atomic E-state index is 0.238. The van der Waals surface area contributed by atoms with E-state index in [0.29, 0.717) is 21.9 Å². The Hall–Kier alpha value is -2.53. The summed E-state index contributed by atoms with van der Waals surface area (Å²) >= 11 is 6.00. The Balaban J connectivity index is 2.07. The SMILES string of the molecule is COc1ccc(Cl)cc1C(C(=O)O)N1Cc2ccccc2C1=O. The van der Waals surface area contributed by atoms with Gasteiger partial charge in [0.05, 0.1) is 7.11 Å². The molecule has 5 nitrogen and oxygen atoms in total. The minimum atomic E-state index is -1.16. The van der Waals surface area contributed by atoms with Crippen LogP contribution < -0.4 is 4.74 Å². The molecule has 118 valence electrons. The van der Waals surface area contributed by atoms with E-state index >= 15 is 0 Å². The molecule has 6 heteroatoms. The topological polar surface area (TPSA) is 66.8 Å². The Morgan fingerprint density at radius 3 is 2.70 bits per heavy atom. The molecule has 0 bridgehead atoms. The first-order chi connectivity index (χ1) is 11.0. The van der Waals surface area contributed by atoms with Crippen LogP contribution in [0, 0.1) is 0 Å². The third kappa shape index (κ3) is 2.64. The van der Waals surface area contributed by atoms with E-state index in [9.17, 15) is 14.7 Å². The third-order valence-corrected chi connectivity index (χ3v) is 4.12. The maximum Gasteiger partial charge on any atom is 0.331 e. The molecular weight excluding hydrogens is 318 g/mol. The van der Waals surface area contributed by atoms with Crippen LogP contribution in [0.15, 0.2) is 42.5 Å². The van der Waals surface area contributed by atoms with E-state index in [1.807, 2.05) is 12.1 Å². The van der Waals surface area contributed by atoms with Crippen LogP contribution in [0.1, 0.15) is 27.5 Å². The van der Waals surface area contributed by atoms with Crippen molar-refractivity contribution in [2.45, 2.75) is 12.6 Å². The lowest BCUT2D eigenvalue weighted by atomic mass is 10.0. The maximum absolute atomic E-state index is 12.6. The monoisotopic (exact) mass is 331 g/mol. The summed E-state index contributed by atoms with van der Waals surface area (Å²) in [5, 5.41) is 10.1. The van der Waals surface area contributed by atoms with Gasteiger partial charge in [0.1, 0.15) is 5.75 Å². The lowest BCUT2D eigenvalue weighted by molar-refractivity contribution is -0.142. The number of carboxylic acid groups (broad SMARTS) is 1. The average molecular weight is 332 g/mol. The summed E-state index contributed by atoms with van der Waals surface area (Å²) in [5.74, 6) is -1.06. The Labute approximate surface area is 138 Å². The first-order valence-electron chi connectivity index (χ1n) is 6.98. The van der Waals surface area contributed by atoms with Gasteiger partial charge in [0.15, 0.2) is 6.04 Å². The van der Waals surface area contributed by atoms with Gasteiger partial charge in [-0.05, 0) is 29.8 Å². The van der Waals surface area contributed by atoms with E-state index in [1.54, 1.807) is 24.3 Å². The highest BCUT2D eigenvalue weighted by molar-refractivity contribution is 6.30. The number of halogens is 1. The van der Waals surface area contributed by atoms with Gasteiger partial charge < -0.3 is 14.7 Å². The molecule has 0 saturated carbocycles. The number of fused-ring (bicyclic) bond motifs is 1. The molecule has 0 spiro atoms. The van der Waals surface area contributed by atoms with Crippen LogP contribution in [-0.2, 0) is 11.3 Å². The van der Waals surface area contributed by atoms with Crippen LogP contribution >= 0.6 is 11.6 Å². The molecule has 0 aliphatic carbocycles. The van der Waals surface area contributed by atoms with Crippen molar-refractivity contribution in [1.82, 2.24) is 4.90 Å². The quantitative estimate of drug-likeness (QED) is 0.934. The molecule has 0 aromatic heterocycles. The average Bonchev–Trinajstić information content (AvgIpc) is 2.85. The molecule has 1 heterocycles. The van der Waals surface area contributed by atoms with Crippen LogP contribution in [0.25, 0.3) is 0 Å². The Bertz CT molecular complexity index is 790. The number of carbonyl (C=O) groups excluding carboxylic acids is 1. The summed E-state index contributed by atoms with van der Waals surface area (Å²) in [4.78, 5) is 25.8. The predicted molar refractivity (Wildman–Crippen MR) is 84.7 cm³/mol. The molecule has 1 aliphatic heterocycles. The van der Waals surface area contributed by atoms with Crippen LogP contribution in [0.3, 0.4) is 0 Å². The number of carboxylic acids is 1. The second-order valence-corrected chi connectivity index (χ2v) is 5.65. The van der Waals surface area contributed by atoms with Crippen molar-refractivity contribution in [1.29, 1.82) is 0 Å². The fraction of sp³-hybridized carbons (Fsp3) is 0.176. The first kappa shape index (κ1) is 15.4. The normalized spacial score (nSPS) is 14.5. The standard InChI is InChI=1S/C17H14ClNO4/c1-23-14-7-6-11(18)8-13(14)15(17(21)22)19-9-10-4-2-3-5-12(10)16(19)20/h2-8,15H,9H2,1H3,(H,21,22). The van der Waals surface area contributed by atoms with Crippen molar-refractivity contribution < 1.29 is 19.4 Å². The van der Waals surface area contributed by atoms with Crippen molar-refractivity contribution in [3.8, 4) is 5.75 Å².